The van der Waals surface area contributed by atoms with Crippen molar-refractivity contribution in [1.29, 1.82) is 0 Å². The largest absolute Gasteiger partial charge is 0.325 e. The summed E-state index contributed by atoms with van der Waals surface area (Å²) < 4.78 is 0. The zero-order chi connectivity index (χ0) is 13.7. The first-order valence-corrected chi connectivity index (χ1v) is 7.49. The third-order valence-electron chi connectivity index (χ3n) is 1.78. The van der Waals surface area contributed by atoms with Gasteiger partial charge in [-0.2, -0.15) is 0 Å². The maximum Gasteiger partial charge on any atom is 0.325 e. The molecule has 1 rings (SSSR count). The molecule has 18 heavy (non-hydrogen) atoms. The fourth-order valence-corrected chi connectivity index (χ4v) is 1.98. The Hall–Kier alpha value is -0.300. The second-order valence-corrected chi connectivity index (χ2v) is 5.85. The van der Waals surface area contributed by atoms with Gasteiger partial charge < -0.3 is 5.32 Å². The van der Waals surface area contributed by atoms with Gasteiger partial charge in [0.2, 0.25) is 5.91 Å². The van der Waals surface area contributed by atoms with Crippen LogP contribution in [0.4, 0.5) is 10.5 Å². The molecule has 0 aliphatic carbocycles. The number of halogens is 4. The number of hydrogen-bond donors (Lipinski definition) is 2. The number of urea groups is 1. The zero-order valence-electron chi connectivity index (χ0n) is 8.84. The highest BCUT2D eigenvalue weighted by Gasteiger charge is 2.16. The van der Waals surface area contributed by atoms with E-state index in [1.165, 1.54) is 18.2 Å². The Morgan fingerprint density at radius 2 is 1.78 bits per heavy atom. The molecule has 0 spiro atoms. The van der Waals surface area contributed by atoms with E-state index < -0.39 is 16.8 Å². The van der Waals surface area contributed by atoms with E-state index in [1.54, 1.807) is 0 Å². The van der Waals surface area contributed by atoms with Gasteiger partial charge in [-0.3, -0.25) is 10.1 Å². The number of carbonyl (C=O) groups is 2. The van der Waals surface area contributed by atoms with Gasteiger partial charge in [0.15, 0.2) is 0 Å². The summed E-state index contributed by atoms with van der Waals surface area (Å²) in [5.41, 5.74) is 0.405. The smallest absolute Gasteiger partial charge is 0.308 e. The molecule has 0 bridgehead atoms. The molecule has 8 heteroatoms. The number of anilines is 1. The Labute approximate surface area is 131 Å². The standard InChI is InChI=1S/C10H8Br2Cl2N2O2/c11-4-8(12)9(17)16-10(18)15-7-2-5(13)1-6(14)3-7/h1-3,8H,4H2,(H2,15,16,17,18). The van der Waals surface area contributed by atoms with Crippen molar-refractivity contribution in [1.82, 2.24) is 5.32 Å². The van der Waals surface area contributed by atoms with Gasteiger partial charge in [0, 0.05) is 21.1 Å². The molecular formula is C10H8Br2Cl2N2O2. The van der Waals surface area contributed by atoms with Crippen molar-refractivity contribution >= 4 is 72.7 Å². The zero-order valence-corrected chi connectivity index (χ0v) is 13.5. The van der Waals surface area contributed by atoms with Gasteiger partial charge in [-0.25, -0.2) is 4.79 Å². The Balaban J connectivity index is 2.62. The minimum atomic E-state index is -0.649. The van der Waals surface area contributed by atoms with E-state index in [0.29, 0.717) is 21.1 Å². The van der Waals surface area contributed by atoms with Crippen LogP contribution in [-0.4, -0.2) is 22.1 Å². The van der Waals surface area contributed by atoms with Crippen molar-refractivity contribution < 1.29 is 9.59 Å². The van der Waals surface area contributed by atoms with Gasteiger partial charge >= 0.3 is 6.03 Å². The quantitative estimate of drug-likeness (QED) is 0.733. The fourth-order valence-electron chi connectivity index (χ4n) is 1.05. The number of hydrogen-bond acceptors (Lipinski definition) is 2. The molecule has 0 aliphatic rings. The summed E-state index contributed by atoms with van der Waals surface area (Å²) in [6.07, 6.45) is 0. The maximum atomic E-state index is 11.5. The van der Waals surface area contributed by atoms with Crippen LogP contribution in [0, 0.1) is 0 Å². The molecule has 0 aliphatic heterocycles. The molecule has 0 aromatic heterocycles. The summed E-state index contributed by atoms with van der Waals surface area (Å²) in [5, 5.41) is 5.80. The van der Waals surface area contributed by atoms with Crippen LogP contribution in [0.15, 0.2) is 18.2 Å². The van der Waals surface area contributed by atoms with Gasteiger partial charge in [0.05, 0.1) is 0 Å². The van der Waals surface area contributed by atoms with Crippen LogP contribution in [0.3, 0.4) is 0 Å². The third-order valence-corrected chi connectivity index (χ3v) is 4.47. The first kappa shape index (κ1) is 15.8. The van der Waals surface area contributed by atoms with Gasteiger partial charge in [-0.15, -0.1) is 0 Å². The van der Waals surface area contributed by atoms with Crippen molar-refractivity contribution in [2.75, 3.05) is 10.6 Å². The molecule has 1 aromatic rings. The van der Waals surface area contributed by atoms with Crippen LogP contribution in [0.5, 0.6) is 0 Å². The van der Waals surface area contributed by atoms with Crippen molar-refractivity contribution in [3.63, 3.8) is 0 Å². The summed E-state index contributed by atoms with van der Waals surface area (Å²) in [6.45, 7) is 0. The topological polar surface area (TPSA) is 58.2 Å². The lowest BCUT2D eigenvalue weighted by atomic mass is 10.3. The Kier molecular flexibility index (Phi) is 6.42. The Morgan fingerprint density at radius 3 is 2.28 bits per heavy atom. The van der Waals surface area contributed by atoms with Crippen LogP contribution >= 0.6 is 55.1 Å². The van der Waals surface area contributed by atoms with Gasteiger partial charge in [-0.1, -0.05) is 55.1 Å². The molecule has 98 valence electrons. The first-order chi connectivity index (χ1) is 8.42. The fraction of sp³-hybridized carbons (Fsp3) is 0.200. The number of imide groups is 1. The molecule has 0 radical (unpaired) electrons. The third kappa shape index (κ3) is 5.14. The molecular weight excluding hydrogens is 411 g/mol. The number of nitrogens with one attached hydrogen (secondary N) is 2. The lowest BCUT2D eigenvalue weighted by Crippen LogP contribution is -2.39. The summed E-state index contributed by atoms with van der Waals surface area (Å²) >= 11 is 17.8. The molecule has 3 amide bonds. The number of alkyl halides is 2. The molecule has 2 N–H and O–H groups in total. The van der Waals surface area contributed by atoms with Crippen molar-refractivity contribution in [3.8, 4) is 0 Å². The predicted octanol–water partition coefficient (Wildman–Crippen LogP) is 3.80. The van der Waals surface area contributed by atoms with Gasteiger partial charge in [0.25, 0.3) is 0 Å². The van der Waals surface area contributed by atoms with Crippen molar-refractivity contribution in [2.45, 2.75) is 4.83 Å². The highest BCUT2D eigenvalue weighted by molar-refractivity contribution is 9.12. The van der Waals surface area contributed by atoms with E-state index in [4.69, 9.17) is 23.2 Å². The molecule has 0 saturated carbocycles. The number of carbonyl (C=O) groups excluding carboxylic acids is 2. The van der Waals surface area contributed by atoms with Crippen LogP contribution in [0.2, 0.25) is 10.0 Å². The number of rotatable bonds is 3. The van der Waals surface area contributed by atoms with Crippen molar-refractivity contribution in [3.05, 3.63) is 28.2 Å². The van der Waals surface area contributed by atoms with E-state index in [0.717, 1.165) is 0 Å². The second kappa shape index (κ2) is 7.33. The van der Waals surface area contributed by atoms with Gasteiger partial charge in [0.1, 0.15) is 4.83 Å². The lowest BCUT2D eigenvalue weighted by molar-refractivity contribution is -0.118. The summed E-state index contributed by atoms with van der Waals surface area (Å²) in [6, 6.07) is 3.93. The van der Waals surface area contributed by atoms with Crippen LogP contribution in [0.25, 0.3) is 0 Å². The molecule has 0 fully saturated rings. The average Bonchev–Trinajstić information content (AvgIpc) is 2.25. The molecule has 1 atom stereocenters. The van der Waals surface area contributed by atoms with E-state index in [9.17, 15) is 9.59 Å². The molecule has 1 unspecified atom stereocenters. The average molecular weight is 419 g/mol. The predicted molar refractivity (Wildman–Crippen MR) is 80.1 cm³/mol. The van der Waals surface area contributed by atoms with E-state index >= 15 is 0 Å². The first-order valence-electron chi connectivity index (χ1n) is 4.70. The monoisotopic (exact) mass is 416 g/mol. The molecule has 1 aromatic carbocycles. The van der Waals surface area contributed by atoms with Crippen LogP contribution in [0.1, 0.15) is 0 Å². The van der Waals surface area contributed by atoms with Crippen LogP contribution < -0.4 is 10.6 Å². The van der Waals surface area contributed by atoms with E-state index in [2.05, 4.69) is 42.5 Å². The molecule has 0 saturated heterocycles. The lowest BCUT2D eigenvalue weighted by Gasteiger charge is -2.09. The number of amides is 3. The highest BCUT2D eigenvalue weighted by atomic mass is 79.9. The Morgan fingerprint density at radius 1 is 1.22 bits per heavy atom. The minimum absolute atomic E-state index is 0.392. The highest BCUT2D eigenvalue weighted by Crippen LogP contribution is 2.22. The summed E-state index contributed by atoms with van der Waals surface area (Å²) in [4.78, 5) is 22.4. The molecule has 0 heterocycles. The van der Waals surface area contributed by atoms with Gasteiger partial charge in [-0.05, 0) is 18.2 Å². The Bertz CT molecular complexity index is 451. The SMILES string of the molecule is O=C(NC(=O)C(Br)CBr)Nc1cc(Cl)cc(Cl)c1. The van der Waals surface area contributed by atoms with Crippen molar-refractivity contribution in [2.24, 2.45) is 0 Å². The van der Waals surface area contributed by atoms with E-state index in [1.807, 2.05) is 0 Å². The normalized spacial score (nSPS) is 11.8. The summed E-state index contributed by atoms with van der Waals surface area (Å²) in [5.74, 6) is -0.447. The minimum Gasteiger partial charge on any atom is -0.308 e. The van der Waals surface area contributed by atoms with Crippen LogP contribution in [-0.2, 0) is 4.79 Å². The second-order valence-electron chi connectivity index (χ2n) is 3.22. The molecule has 4 nitrogen and oxygen atoms in total. The number of benzene rings is 1. The summed E-state index contributed by atoms with van der Waals surface area (Å²) in [7, 11) is 0. The maximum absolute atomic E-state index is 11.5. The van der Waals surface area contributed by atoms with E-state index in [-0.39, 0.29) is 0 Å².